The van der Waals surface area contributed by atoms with Gasteiger partial charge in [-0.25, -0.2) is 13.1 Å². The number of aliphatic hydroxyl groups excluding tert-OH is 2. The Balaban J connectivity index is 1.55. The Morgan fingerprint density at radius 1 is 1.03 bits per heavy atom. The van der Waals surface area contributed by atoms with Gasteiger partial charge in [-0.1, -0.05) is 48.0 Å². The average molecular weight is 449 g/mol. The van der Waals surface area contributed by atoms with E-state index in [2.05, 4.69) is 4.72 Å². The molecule has 0 aromatic heterocycles. The number of carbonyl (C=O) groups excluding carboxylic acids is 1. The van der Waals surface area contributed by atoms with Crippen molar-refractivity contribution in [3.8, 4) is 0 Å². The molecule has 2 aromatic carbocycles. The molecule has 9 heteroatoms. The van der Waals surface area contributed by atoms with Gasteiger partial charge in [-0.2, -0.15) is 0 Å². The molecule has 168 valence electrons. The number of hydrogen-bond acceptors (Lipinski definition) is 6. The highest BCUT2D eigenvalue weighted by atomic mass is 32.2. The van der Waals surface area contributed by atoms with Gasteiger partial charge in [0.05, 0.1) is 17.4 Å². The topological polar surface area (TPSA) is 116 Å². The second kappa shape index (κ2) is 9.88. The van der Waals surface area contributed by atoms with Crippen molar-refractivity contribution in [3.05, 3.63) is 65.7 Å². The van der Waals surface area contributed by atoms with Crippen molar-refractivity contribution in [1.29, 1.82) is 0 Å². The Bertz CT molecular complexity index is 981. The molecule has 1 aliphatic heterocycles. The highest BCUT2D eigenvalue weighted by Gasteiger charge is 2.43. The van der Waals surface area contributed by atoms with E-state index in [0.717, 1.165) is 11.1 Å². The number of hydrogen-bond donors (Lipinski definition) is 3. The summed E-state index contributed by atoms with van der Waals surface area (Å²) in [5, 5.41) is 20.6. The van der Waals surface area contributed by atoms with Gasteiger partial charge in [0.1, 0.15) is 18.3 Å². The predicted octanol–water partition coefficient (Wildman–Crippen LogP) is 0.811. The molecule has 1 aliphatic rings. The van der Waals surface area contributed by atoms with Crippen molar-refractivity contribution in [1.82, 2.24) is 9.62 Å². The number of rotatable bonds is 8. The minimum Gasteiger partial charge on any atom is -0.388 e. The molecule has 1 saturated heterocycles. The van der Waals surface area contributed by atoms with Crippen LogP contribution in [0.2, 0.25) is 0 Å². The molecular weight excluding hydrogens is 420 g/mol. The van der Waals surface area contributed by atoms with E-state index in [1.165, 1.54) is 17.0 Å². The van der Waals surface area contributed by atoms with Crippen molar-refractivity contribution in [2.24, 2.45) is 0 Å². The summed E-state index contributed by atoms with van der Waals surface area (Å²) in [4.78, 5) is 14.2. The van der Waals surface area contributed by atoms with Gasteiger partial charge >= 0.3 is 0 Å². The first-order valence-electron chi connectivity index (χ1n) is 10.0. The average Bonchev–Trinajstić information content (AvgIpc) is 3.01. The molecule has 2 aromatic rings. The van der Waals surface area contributed by atoms with Crippen LogP contribution in [0.1, 0.15) is 17.5 Å². The molecule has 0 saturated carbocycles. The lowest BCUT2D eigenvalue weighted by atomic mass is 10.1. The van der Waals surface area contributed by atoms with Gasteiger partial charge in [0.15, 0.2) is 0 Å². The number of nitrogens with one attached hydrogen (secondary N) is 1. The summed E-state index contributed by atoms with van der Waals surface area (Å²) in [7, 11) is -2.14. The Kier molecular flexibility index (Phi) is 7.45. The normalized spacial score (nSPS) is 23.6. The third kappa shape index (κ3) is 5.90. The second-order valence-corrected chi connectivity index (χ2v) is 9.57. The standard InChI is InChI=1S/C22H28N2O6S/c1-15-8-10-17(11-9-15)31(28,29)23-13-19-22(27)21(26)18(30-19)12-20(25)24(2)14-16-6-4-3-5-7-16/h3-11,18-19,21-23,26-27H,12-14H2,1-2H3/t18-,19-,21-,22+/m0/s1. The molecule has 8 nitrogen and oxygen atoms in total. The molecule has 1 fully saturated rings. The van der Waals surface area contributed by atoms with E-state index < -0.39 is 34.4 Å². The molecule has 4 atom stereocenters. The summed E-state index contributed by atoms with van der Waals surface area (Å²) < 4.78 is 32.9. The monoisotopic (exact) mass is 448 g/mol. The Hall–Kier alpha value is -2.30. The first-order valence-corrected chi connectivity index (χ1v) is 11.5. The quantitative estimate of drug-likeness (QED) is 0.550. The smallest absolute Gasteiger partial charge is 0.240 e. The number of aliphatic hydroxyl groups is 2. The molecule has 3 rings (SSSR count). The number of nitrogens with zero attached hydrogens (tertiary/aromatic N) is 1. The lowest BCUT2D eigenvalue weighted by molar-refractivity contribution is -0.134. The van der Waals surface area contributed by atoms with Crippen LogP contribution in [0.5, 0.6) is 0 Å². The predicted molar refractivity (Wildman–Crippen MR) is 115 cm³/mol. The zero-order valence-corrected chi connectivity index (χ0v) is 18.3. The lowest BCUT2D eigenvalue weighted by Gasteiger charge is -2.21. The molecule has 0 aliphatic carbocycles. The van der Waals surface area contributed by atoms with Gasteiger partial charge in [-0.15, -0.1) is 0 Å². The number of aryl methyl sites for hydroxylation is 1. The maximum atomic E-state index is 12.5. The molecule has 3 N–H and O–H groups in total. The molecule has 0 radical (unpaired) electrons. The van der Waals surface area contributed by atoms with Crippen LogP contribution in [0.3, 0.4) is 0 Å². The number of ether oxygens (including phenoxy) is 1. The van der Waals surface area contributed by atoms with Crippen molar-refractivity contribution < 1.29 is 28.2 Å². The van der Waals surface area contributed by atoms with Gasteiger partial charge in [-0.05, 0) is 24.6 Å². The zero-order chi connectivity index (χ0) is 22.6. The summed E-state index contributed by atoms with van der Waals surface area (Å²) >= 11 is 0. The minimum atomic E-state index is -3.79. The van der Waals surface area contributed by atoms with Crippen LogP contribution in [-0.2, 0) is 26.1 Å². The van der Waals surface area contributed by atoms with Crippen LogP contribution in [0, 0.1) is 6.92 Å². The van der Waals surface area contributed by atoms with E-state index in [-0.39, 0.29) is 23.8 Å². The summed E-state index contributed by atoms with van der Waals surface area (Å²) in [5.41, 5.74) is 1.90. The van der Waals surface area contributed by atoms with Gasteiger partial charge in [0.2, 0.25) is 15.9 Å². The van der Waals surface area contributed by atoms with Gasteiger partial charge in [-0.3, -0.25) is 4.79 Å². The summed E-state index contributed by atoms with van der Waals surface area (Å²) in [6.45, 7) is 2.04. The first kappa shape index (κ1) is 23.4. The highest BCUT2D eigenvalue weighted by molar-refractivity contribution is 7.89. The van der Waals surface area contributed by atoms with Gasteiger partial charge in [0, 0.05) is 20.1 Å². The molecular formula is C22H28N2O6S. The first-order chi connectivity index (χ1) is 14.7. The summed E-state index contributed by atoms with van der Waals surface area (Å²) in [6.07, 6.45) is -4.61. The fourth-order valence-corrected chi connectivity index (χ4v) is 4.47. The van der Waals surface area contributed by atoms with Crippen molar-refractivity contribution in [2.75, 3.05) is 13.6 Å². The van der Waals surface area contributed by atoms with Crippen LogP contribution in [-0.4, -0.2) is 67.4 Å². The lowest BCUT2D eigenvalue weighted by Crippen LogP contribution is -2.40. The molecule has 1 amide bonds. The Morgan fingerprint density at radius 2 is 1.65 bits per heavy atom. The maximum absolute atomic E-state index is 12.5. The highest BCUT2D eigenvalue weighted by Crippen LogP contribution is 2.24. The van der Waals surface area contributed by atoms with Crippen LogP contribution < -0.4 is 4.72 Å². The number of benzene rings is 2. The van der Waals surface area contributed by atoms with Crippen molar-refractivity contribution in [3.63, 3.8) is 0 Å². The maximum Gasteiger partial charge on any atom is 0.240 e. The van der Waals surface area contributed by atoms with Gasteiger partial charge in [0.25, 0.3) is 0 Å². The Morgan fingerprint density at radius 3 is 2.29 bits per heavy atom. The third-order valence-electron chi connectivity index (χ3n) is 5.33. The van der Waals surface area contributed by atoms with E-state index in [4.69, 9.17) is 4.74 Å². The van der Waals surface area contributed by atoms with E-state index in [1.54, 1.807) is 19.2 Å². The molecule has 0 bridgehead atoms. The minimum absolute atomic E-state index is 0.0976. The largest absolute Gasteiger partial charge is 0.388 e. The summed E-state index contributed by atoms with van der Waals surface area (Å²) in [5.74, 6) is -0.249. The van der Waals surface area contributed by atoms with Crippen molar-refractivity contribution >= 4 is 15.9 Å². The van der Waals surface area contributed by atoms with Gasteiger partial charge < -0.3 is 19.8 Å². The molecule has 1 heterocycles. The molecule has 31 heavy (non-hydrogen) atoms. The van der Waals surface area contributed by atoms with Crippen LogP contribution >= 0.6 is 0 Å². The van der Waals surface area contributed by atoms with E-state index in [0.29, 0.717) is 6.54 Å². The SMILES string of the molecule is Cc1ccc(S(=O)(=O)NC[C@@H]2O[C@@H](CC(=O)N(C)Cc3ccccc3)[C@H](O)[C@@H]2O)cc1. The number of sulfonamides is 1. The second-order valence-electron chi connectivity index (χ2n) is 7.80. The Labute approximate surface area is 182 Å². The number of carbonyl (C=O) groups is 1. The van der Waals surface area contributed by atoms with E-state index in [9.17, 15) is 23.4 Å². The van der Waals surface area contributed by atoms with Crippen LogP contribution in [0.15, 0.2) is 59.5 Å². The fourth-order valence-electron chi connectivity index (χ4n) is 3.43. The summed E-state index contributed by atoms with van der Waals surface area (Å²) in [6, 6.07) is 15.8. The van der Waals surface area contributed by atoms with Crippen molar-refractivity contribution in [2.45, 2.75) is 49.2 Å². The molecule has 0 unspecified atom stereocenters. The van der Waals surface area contributed by atoms with Crippen LogP contribution in [0.4, 0.5) is 0 Å². The van der Waals surface area contributed by atoms with E-state index >= 15 is 0 Å². The third-order valence-corrected chi connectivity index (χ3v) is 6.77. The number of amides is 1. The zero-order valence-electron chi connectivity index (χ0n) is 17.5. The molecule has 0 spiro atoms. The van der Waals surface area contributed by atoms with Crippen LogP contribution in [0.25, 0.3) is 0 Å². The van der Waals surface area contributed by atoms with E-state index in [1.807, 2.05) is 37.3 Å². The fraction of sp³-hybridized carbons (Fsp3) is 0.409.